The summed E-state index contributed by atoms with van der Waals surface area (Å²) in [5.41, 5.74) is 9.01. The number of alkyl halides is 3. The van der Waals surface area contributed by atoms with Crippen LogP contribution >= 0.6 is 23.2 Å². The van der Waals surface area contributed by atoms with Crippen molar-refractivity contribution < 1.29 is 13.2 Å². The van der Waals surface area contributed by atoms with Crippen LogP contribution in [-0.2, 0) is 6.18 Å². The minimum atomic E-state index is -4.61. The molecule has 1 aromatic rings. The van der Waals surface area contributed by atoms with Gasteiger partial charge in [-0.25, -0.2) is 0 Å². The summed E-state index contributed by atoms with van der Waals surface area (Å²) in [6.45, 7) is 0. The lowest BCUT2D eigenvalue weighted by Crippen LogP contribution is -2.21. The fraction of sp³-hybridized carbons (Fsp3) is 0.111. The Labute approximate surface area is 110 Å². The molecule has 0 aliphatic rings. The summed E-state index contributed by atoms with van der Waals surface area (Å²) in [5.74, 6) is -0.317. The van der Waals surface area contributed by atoms with Crippen LogP contribution in [0.2, 0.25) is 10.0 Å². The Morgan fingerprint density at radius 3 is 2.33 bits per heavy atom. The highest BCUT2D eigenvalue weighted by atomic mass is 35.5. The Bertz CT molecular complexity index is 507. The van der Waals surface area contributed by atoms with E-state index in [0.29, 0.717) is 0 Å². The highest BCUT2D eigenvalue weighted by Crippen LogP contribution is 2.38. The zero-order valence-electron chi connectivity index (χ0n) is 8.67. The molecule has 0 aliphatic carbocycles. The van der Waals surface area contributed by atoms with E-state index in [9.17, 15) is 13.2 Å². The summed E-state index contributed by atoms with van der Waals surface area (Å²) in [7, 11) is 0. The van der Waals surface area contributed by atoms with Crippen LogP contribution in [0, 0.1) is 0 Å². The highest BCUT2D eigenvalue weighted by molar-refractivity contribution is 6.42. The minimum Gasteiger partial charge on any atom is -0.369 e. The maximum atomic E-state index is 12.6. The molecule has 18 heavy (non-hydrogen) atoms. The van der Waals surface area contributed by atoms with E-state index in [2.05, 4.69) is 10.2 Å². The summed E-state index contributed by atoms with van der Waals surface area (Å²) in [6.07, 6.45) is -3.59. The van der Waals surface area contributed by atoms with Crippen LogP contribution in [0.4, 0.5) is 13.2 Å². The van der Waals surface area contributed by atoms with Crippen molar-refractivity contribution in [2.75, 3.05) is 0 Å². The van der Waals surface area contributed by atoms with Crippen LogP contribution in [-0.4, -0.2) is 12.2 Å². The molecule has 0 unspecified atom stereocenters. The van der Waals surface area contributed by atoms with E-state index in [0.717, 1.165) is 12.3 Å². The van der Waals surface area contributed by atoms with Gasteiger partial charge in [0.05, 0.1) is 21.8 Å². The molecule has 0 heterocycles. The maximum Gasteiger partial charge on any atom is 0.417 e. The molecule has 0 aliphatic heterocycles. The lowest BCUT2D eigenvalue weighted by molar-refractivity contribution is -0.137. The van der Waals surface area contributed by atoms with Crippen molar-refractivity contribution in [3.8, 4) is 0 Å². The van der Waals surface area contributed by atoms with Crippen molar-refractivity contribution in [3.63, 3.8) is 0 Å². The van der Waals surface area contributed by atoms with Crippen molar-refractivity contribution in [1.29, 1.82) is 0 Å². The Kier molecular flexibility index (Phi) is 4.42. The van der Waals surface area contributed by atoms with Gasteiger partial charge in [0.25, 0.3) is 0 Å². The van der Waals surface area contributed by atoms with Crippen LogP contribution in [0.1, 0.15) is 11.1 Å². The van der Waals surface area contributed by atoms with Gasteiger partial charge >= 0.3 is 6.18 Å². The zero-order valence-corrected chi connectivity index (χ0v) is 10.2. The molecular weight excluding hydrogens is 292 g/mol. The number of benzene rings is 1. The Hall–Kier alpha value is -1.47. The molecule has 1 aromatic carbocycles. The third-order valence-corrected chi connectivity index (χ3v) is 2.54. The molecule has 0 fully saturated rings. The number of rotatable bonds is 2. The first-order valence-corrected chi connectivity index (χ1v) is 5.15. The monoisotopic (exact) mass is 298 g/mol. The van der Waals surface area contributed by atoms with E-state index in [1.165, 1.54) is 6.07 Å². The van der Waals surface area contributed by atoms with Crippen LogP contribution in [0.5, 0.6) is 0 Å². The van der Waals surface area contributed by atoms with Crippen molar-refractivity contribution in [2.45, 2.75) is 6.18 Å². The predicted octanol–water partition coefficient (Wildman–Crippen LogP) is 2.62. The molecule has 1 rings (SSSR count). The molecule has 0 saturated carbocycles. The number of hydrogen-bond donors (Lipinski definition) is 2. The van der Waals surface area contributed by atoms with Crippen LogP contribution < -0.4 is 11.5 Å². The second-order valence-electron chi connectivity index (χ2n) is 3.13. The lowest BCUT2D eigenvalue weighted by Gasteiger charge is -2.10. The van der Waals surface area contributed by atoms with Crippen molar-refractivity contribution >= 4 is 35.4 Å². The number of hydrogen-bond acceptors (Lipinski definition) is 2. The van der Waals surface area contributed by atoms with E-state index in [1.807, 2.05) is 0 Å². The van der Waals surface area contributed by atoms with Crippen LogP contribution in [0.25, 0.3) is 0 Å². The van der Waals surface area contributed by atoms with Gasteiger partial charge in [-0.3, -0.25) is 0 Å². The summed E-state index contributed by atoms with van der Waals surface area (Å²) in [5, 5.41) is 5.82. The Morgan fingerprint density at radius 2 is 1.83 bits per heavy atom. The summed E-state index contributed by atoms with van der Waals surface area (Å²) < 4.78 is 37.8. The van der Waals surface area contributed by atoms with Crippen LogP contribution in [0.15, 0.2) is 22.3 Å². The van der Waals surface area contributed by atoms with Gasteiger partial charge in [0, 0.05) is 0 Å². The number of guanidine groups is 1. The summed E-state index contributed by atoms with van der Waals surface area (Å²) in [4.78, 5) is 0. The van der Waals surface area contributed by atoms with E-state index in [1.54, 1.807) is 0 Å². The van der Waals surface area contributed by atoms with Crippen molar-refractivity contribution in [1.82, 2.24) is 0 Å². The smallest absolute Gasteiger partial charge is 0.369 e. The SMILES string of the molecule is NC(N)=NN=Cc1cc(Cl)c(Cl)c(C(F)(F)F)c1. The summed E-state index contributed by atoms with van der Waals surface area (Å²) >= 11 is 11.1. The summed E-state index contributed by atoms with van der Waals surface area (Å²) in [6, 6.07) is 2.00. The number of nitrogens with two attached hydrogens (primary N) is 2. The van der Waals surface area contributed by atoms with Crippen LogP contribution in [0.3, 0.4) is 0 Å². The largest absolute Gasteiger partial charge is 0.417 e. The molecule has 0 bridgehead atoms. The highest BCUT2D eigenvalue weighted by Gasteiger charge is 2.34. The van der Waals surface area contributed by atoms with E-state index >= 15 is 0 Å². The molecule has 4 N–H and O–H groups in total. The first-order chi connectivity index (χ1) is 8.21. The standard InChI is InChI=1S/C9H7Cl2F3N4/c10-6-2-4(3-17-18-8(15)16)1-5(7(6)11)9(12,13)14/h1-3H,(H4,15,16,18). The zero-order chi connectivity index (χ0) is 13.9. The van der Waals surface area contributed by atoms with Gasteiger partial charge in [-0.15, -0.1) is 5.10 Å². The van der Waals surface area contributed by atoms with E-state index in [-0.39, 0.29) is 16.5 Å². The van der Waals surface area contributed by atoms with Gasteiger partial charge in [0.2, 0.25) is 5.96 Å². The second kappa shape index (κ2) is 5.45. The molecule has 9 heteroatoms. The molecule has 0 radical (unpaired) electrons. The fourth-order valence-corrected chi connectivity index (χ4v) is 1.50. The topological polar surface area (TPSA) is 76.8 Å². The molecule has 0 aromatic heterocycles. The normalized spacial score (nSPS) is 11.8. The number of halogens is 5. The van der Waals surface area contributed by atoms with Gasteiger partial charge in [0.1, 0.15) is 0 Å². The third-order valence-electron chi connectivity index (χ3n) is 1.74. The van der Waals surface area contributed by atoms with E-state index < -0.39 is 16.8 Å². The second-order valence-corrected chi connectivity index (χ2v) is 3.92. The Morgan fingerprint density at radius 1 is 1.22 bits per heavy atom. The first-order valence-electron chi connectivity index (χ1n) is 4.40. The predicted molar refractivity (Wildman–Crippen MR) is 64.9 cm³/mol. The van der Waals surface area contributed by atoms with Gasteiger partial charge in [0.15, 0.2) is 0 Å². The van der Waals surface area contributed by atoms with Crippen molar-refractivity contribution in [2.24, 2.45) is 21.7 Å². The molecule has 4 nitrogen and oxygen atoms in total. The van der Waals surface area contributed by atoms with Gasteiger partial charge in [-0.2, -0.15) is 18.3 Å². The van der Waals surface area contributed by atoms with Crippen molar-refractivity contribution in [3.05, 3.63) is 33.3 Å². The van der Waals surface area contributed by atoms with Gasteiger partial charge in [-0.1, -0.05) is 23.2 Å². The molecule has 0 atom stereocenters. The lowest BCUT2D eigenvalue weighted by atomic mass is 10.1. The molecular formula is C9H7Cl2F3N4. The maximum absolute atomic E-state index is 12.6. The molecule has 0 amide bonds. The van der Waals surface area contributed by atoms with Gasteiger partial charge in [-0.05, 0) is 17.7 Å². The number of nitrogens with zero attached hydrogens (tertiary/aromatic N) is 2. The van der Waals surface area contributed by atoms with E-state index in [4.69, 9.17) is 34.7 Å². The average molecular weight is 299 g/mol. The van der Waals surface area contributed by atoms with Gasteiger partial charge < -0.3 is 11.5 Å². The minimum absolute atomic E-state index is 0.0710. The molecule has 98 valence electrons. The third kappa shape index (κ3) is 3.78. The Balaban J connectivity index is 3.21. The average Bonchev–Trinajstić information content (AvgIpc) is 2.20. The molecule has 0 spiro atoms. The molecule has 0 saturated heterocycles. The first kappa shape index (κ1) is 14.6. The quantitative estimate of drug-likeness (QED) is 0.500. The fourth-order valence-electron chi connectivity index (χ4n) is 1.05.